The predicted molar refractivity (Wildman–Crippen MR) is 140 cm³/mol. The molecule has 1 aromatic rings. The number of aliphatic imine (C=N–C) groups is 1. The van der Waals surface area contributed by atoms with Crippen LogP contribution in [0, 0.1) is 12.8 Å². The topological polar surface area (TPSA) is 78.0 Å². The smallest absolute Gasteiger partial charge is 0.226 e. The van der Waals surface area contributed by atoms with E-state index in [9.17, 15) is 4.79 Å². The zero-order valence-electron chi connectivity index (χ0n) is 19.0. The number of rotatable bonds is 9. The third kappa shape index (κ3) is 9.93. The second-order valence-electron chi connectivity index (χ2n) is 8.02. The van der Waals surface area contributed by atoms with Crippen LogP contribution in [0.1, 0.15) is 32.3 Å². The van der Waals surface area contributed by atoms with Crippen LogP contribution in [0.5, 0.6) is 0 Å². The van der Waals surface area contributed by atoms with Crippen molar-refractivity contribution in [1.29, 1.82) is 0 Å². The Hall–Kier alpha value is -1.10. The van der Waals surface area contributed by atoms with Gasteiger partial charge in [0, 0.05) is 56.4 Å². The Kier molecular flexibility index (Phi) is 13.4. The normalized spacial score (nSPS) is 15.9. The van der Waals surface area contributed by atoms with Crippen LogP contribution in [0.3, 0.4) is 0 Å². The van der Waals surface area contributed by atoms with Gasteiger partial charge >= 0.3 is 0 Å². The van der Waals surface area contributed by atoms with Gasteiger partial charge < -0.3 is 20.7 Å². The molecule has 0 radical (unpaired) electrons. The zero-order chi connectivity index (χ0) is 21.9. The summed E-state index contributed by atoms with van der Waals surface area (Å²) in [5, 5.41) is 10.2. The Labute approximate surface area is 208 Å². The average Bonchev–Trinajstić information content (AvgIpc) is 2.73. The highest BCUT2D eigenvalue weighted by atomic mass is 127. The van der Waals surface area contributed by atoms with Gasteiger partial charge in [-0.25, -0.2) is 0 Å². The molecular formula is C22H37ClIN5O2. The first kappa shape index (κ1) is 27.9. The van der Waals surface area contributed by atoms with E-state index in [0.29, 0.717) is 35.9 Å². The molecule has 1 fully saturated rings. The number of hydrogen-bond acceptors (Lipinski definition) is 4. The van der Waals surface area contributed by atoms with Crippen molar-refractivity contribution in [2.24, 2.45) is 10.9 Å². The summed E-state index contributed by atoms with van der Waals surface area (Å²) in [6.45, 7) is 11.2. The standard InChI is InChI=1S/C22H36ClN5O2.HI/c1-16(2)14-18(28-10-12-30-13-11-28)15-26-22(24-4)25-9-8-21(29)27-20-7-5-6-19(23)17(20)3;/h5-7,16,18H,8-15H2,1-4H3,(H,27,29)(H2,24,25,26);1H. The number of benzene rings is 1. The first-order valence-corrected chi connectivity index (χ1v) is 11.1. The van der Waals surface area contributed by atoms with E-state index >= 15 is 0 Å². The summed E-state index contributed by atoms with van der Waals surface area (Å²) in [7, 11) is 1.75. The van der Waals surface area contributed by atoms with Crippen molar-refractivity contribution in [3.63, 3.8) is 0 Å². The molecule has 9 heteroatoms. The Morgan fingerprint density at radius 3 is 2.61 bits per heavy atom. The van der Waals surface area contributed by atoms with Crippen LogP contribution in [-0.2, 0) is 9.53 Å². The molecule has 0 aliphatic carbocycles. The summed E-state index contributed by atoms with van der Waals surface area (Å²) in [4.78, 5) is 19.1. The summed E-state index contributed by atoms with van der Waals surface area (Å²) in [6.07, 6.45) is 1.46. The van der Waals surface area contributed by atoms with Crippen molar-refractivity contribution in [2.75, 3.05) is 51.8 Å². The first-order valence-electron chi connectivity index (χ1n) is 10.7. The fourth-order valence-corrected chi connectivity index (χ4v) is 3.71. The number of ether oxygens (including phenoxy) is 1. The van der Waals surface area contributed by atoms with Crippen LogP contribution in [0.15, 0.2) is 23.2 Å². The van der Waals surface area contributed by atoms with Gasteiger partial charge in [0.05, 0.1) is 13.2 Å². The van der Waals surface area contributed by atoms with Gasteiger partial charge in [-0.3, -0.25) is 14.7 Å². The van der Waals surface area contributed by atoms with Crippen LogP contribution in [0.25, 0.3) is 0 Å². The molecule has 1 aliphatic heterocycles. The van der Waals surface area contributed by atoms with E-state index in [4.69, 9.17) is 16.3 Å². The number of anilines is 1. The minimum atomic E-state index is -0.0608. The second kappa shape index (κ2) is 14.9. The molecule has 1 aromatic carbocycles. The molecule has 1 heterocycles. The molecule has 1 saturated heterocycles. The van der Waals surface area contributed by atoms with Crippen molar-refractivity contribution in [2.45, 2.75) is 39.7 Å². The molecule has 3 N–H and O–H groups in total. The fourth-order valence-electron chi connectivity index (χ4n) is 3.53. The molecule has 1 amide bonds. The van der Waals surface area contributed by atoms with Crippen LogP contribution in [-0.4, -0.2) is 69.2 Å². The van der Waals surface area contributed by atoms with Crippen molar-refractivity contribution in [3.05, 3.63) is 28.8 Å². The lowest BCUT2D eigenvalue weighted by Gasteiger charge is -2.35. The summed E-state index contributed by atoms with van der Waals surface area (Å²) >= 11 is 6.11. The van der Waals surface area contributed by atoms with Gasteiger partial charge in [-0.2, -0.15) is 0 Å². The maximum atomic E-state index is 12.3. The third-order valence-electron chi connectivity index (χ3n) is 5.22. The van der Waals surface area contributed by atoms with Crippen molar-refractivity contribution < 1.29 is 9.53 Å². The van der Waals surface area contributed by atoms with E-state index in [1.807, 2.05) is 25.1 Å². The minimum Gasteiger partial charge on any atom is -0.379 e. The molecule has 1 unspecified atom stereocenters. The summed E-state index contributed by atoms with van der Waals surface area (Å²) in [6, 6.07) is 5.93. The number of amides is 1. The maximum Gasteiger partial charge on any atom is 0.226 e. The lowest BCUT2D eigenvalue weighted by Crippen LogP contribution is -2.51. The Bertz CT molecular complexity index is 711. The van der Waals surface area contributed by atoms with E-state index in [0.717, 1.165) is 50.5 Å². The molecule has 0 bridgehead atoms. The lowest BCUT2D eigenvalue weighted by molar-refractivity contribution is -0.116. The van der Waals surface area contributed by atoms with Crippen molar-refractivity contribution in [1.82, 2.24) is 15.5 Å². The number of morpholine rings is 1. The first-order chi connectivity index (χ1) is 14.4. The number of carbonyl (C=O) groups excluding carboxylic acids is 1. The molecule has 0 aromatic heterocycles. The summed E-state index contributed by atoms with van der Waals surface area (Å²) in [5.41, 5.74) is 1.62. The molecule has 1 aliphatic rings. The predicted octanol–water partition coefficient (Wildman–Crippen LogP) is 3.51. The molecular weight excluding hydrogens is 529 g/mol. The SMILES string of the molecule is CN=C(NCCC(=O)Nc1cccc(Cl)c1C)NCC(CC(C)C)N1CCOCC1.I. The summed E-state index contributed by atoms with van der Waals surface area (Å²) in [5.74, 6) is 1.27. The molecule has 2 rings (SSSR count). The monoisotopic (exact) mass is 565 g/mol. The minimum absolute atomic E-state index is 0. The maximum absolute atomic E-state index is 12.3. The number of nitrogens with zero attached hydrogens (tertiary/aromatic N) is 2. The molecule has 0 saturated carbocycles. The molecule has 1 atom stereocenters. The molecule has 0 spiro atoms. The van der Waals surface area contributed by atoms with E-state index in [1.165, 1.54) is 0 Å². The van der Waals surface area contributed by atoms with Gasteiger partial charge in [0.15, 0.2) is 5.96 Å². The highest BCUT2D eigenvalue weighted by molar-refractivity contribution is 14.0. The molecule has 176 valence electrons. The van der Waals surface area contributed by atoms with Gasteiger partial charge in [0.1, 0.15) is 0 Å². The zero-order valence-corrected chi connectivity index (χ0v) is 22.1. The fraction of sp³-hybridized carbons (Fsp3) is 0.636. The number of halogens is 2. The number of hydrogen-bond donors (Lipinski definition) is 3. The average molecular weight is 566 g/mol. The van der Waals surface area contributed by atoms with Crippen LogP contribution >= 0.6 is 35.6 Å². The molecule has 7 nitrogen and oxygen atoms in total. The van der Waals surface area contributed by atoms with Crippen LogP contribution in [0.4, 0.5) is 5.69 Å². The van der Waals surface area contributed by atoms with Crippen molar-refractivity contribution >= 4 is 53.1 Å². The number of guanidine groups is 1. The van der Waals surface area contributed by atoms with E-state index in [1.54, 1.807) is 7.05 Å². The number of carbonyl (C=O) groups is 1. The Balaban J connectivity index is 0.00000480. The largest absolute Gasteiger partial charge is 0.379 e. The number of nitrogens with one attached hydrogen (secondary N) is 3. The van der Waals surface area contributed by atoms with Crippen molar-refractivity contribution in [3.8, 4) is 0 Å². The van der Waals surface area contributed by atoms with Gasteiger partial charge in [-0.15, -0.1) is 24.0 Å². The van der Waals surface area contributed by atoms with Gasteiger partial charge in [0.2, 0.25) is 5.91 Å². The van der Waals surface area contributed by atoms with Crippen LogP contribution < -0.4 is 16.0 Å². The summed E-state index contributed by atoms with van der Waals surface area (Å²) < 4.78 is 5.49. The van der Waals surface area contributed by atoms with E-state index in [2.05, 4.69) is 39.7 Å². The van der Waals surface area contributed by atoms with Crippen LogP contribution in [0.2, 0.25) is 5.02 Å². The third-order valence-corrected chi connectivity index (χ3v) is 5.63. The highest BCUT2D eigenvalue weighted by Gasteiger charge is 2.22. The van der Waals surface area contributed by atoms with Gasteiger partial charge in [0.25, 0.3) is 0 Å². The van der Waals surface area contributed by atoms with Gasteiger partial charge in [-0.05, 0) is 37.0 Å². The van der Waals surface area contributed by atoms with E-state index in [-0.39, 0.29) is 29.9 Å². The molecule has 31 heavy (non-hydrogen) atoms. The highest BCUT2D eigenvalue weighted by Crippen LogP contribution is 2.22. The Morgan fingerprint density at radius 1 is 1.26 bits per heavy atom. The lowest BCUT2D eigenvalue weighted by atomic mass is 10.0. The van der Waals surface area contributed by atoms with Gasteiger partial charge in [-0.1, -0.05) is 31.5 Å². The Morgan fingerprint density at radius 2 is 1.97 bits per heavy atom. The quantitative estimate of drug-likeness (QED) is 0.243. The van der Waals surface area contributed by atoms with E-state index < -0.39 is 0 Å². The second-order valence-corrected chi connectivity index (χ2v) is 8.43.